The van der Waals surface area contributed by atoms with Gasteiger partial charge in [-0.2, -0.15) is 4.98 Å². The number of nitrogens with one attached hydrogen (secondary N) is 2. The van der Waals surface area contributed by atoms with Crippen LogP contribution in [-0.2, 0) is 22.2 Å². The van der Waals surface area contributed by atoms with Gasteiger partial charge in [-0.15, -0.1) is 0 Å². The standard InChI is InChI=1S/C23H26N6O3S3/c1-15(30)13-26-20-19-21(29-23(27-20)33-14-17-5-3-2-4-6-17)28-22(34-19)25-12-11-16-7-9-18(10-8-16)35(24,31)32/h2-10,15,30H,11-14H2,1H3,(H2,24,31,32)(H2,25,26,27,28,29). The van der Waals surface area contributed by atoms with E-state index >= 15 is 0 Å². The molecule has 35 heavy (non-hydrogen) atoms. The van der Waals surface area contributed by atoms with Crippen molar-refractivity contribution >= 4 is 54.4 Å². The van der Waals surface area contributed by atoms with Gasteiger partial charge in [-0.05, 0) is 36.6 Å². The molecular formula is C23H26N6O3S3. The summed E-state index contributed by atoms with van der Waals surface area (Å²) < 4.78 is 23.6. The van der Waals surface area contributed by atoms with Crippen LogP contribution in [0.5, 0.6) is 0 Å². The van der Waals surface area contributed by atoms with Gasteiger partial charge in [-0.1, -0.05) is 65.6 Å². The molecule has 0 bridgehead atoms. The number of thiazole rings is 1. The van der Waals surface area contributed by atoms with Crippen molar-refractivity contribution in [2.45, 2.75) is 35.3 Å². The summed E-state index contributed by atoms with van der Waals surface area (Å²) >= 11 is 2.98. The van der Waals surface area contributed by atoms with Crippen LogP contribution >= 0.6 is 23.1 Å². The number of aliphatic hydroxyl groups is 1. The third-order valence-corrected chi connectivity index (χ3v) is 7.81. The molecular weight excluding hydrogens is 504 g/mol. The van der Waals surface area contributed by atoms with E-state index in [0.717, 1.165) is 16.0 Å². The van der Waals surface area contributed by atoms with Crippen LogP contribution in [0.25, 0.3) is 10.3 Å². The van der Waals surface area contributed by atoms with Crippen LogP contribution < -0.4 is 15.8 Å². The van der Waals surface area contributed by atoms with Gasteiger partial charge in [-0.25, -0.2) is 23.5 Å². The van der Waals surface area contributed by atoms with Gasteiger partial charge >= 0.3 is 0 Å². The van der Waals surface area contributed by atoms with Gasteiger partial charge in [0.05, 0.1) is 11.0 Å². The van der Waals surface area contributed by atoms with E-state index in [1.54, 1.807) is 19.1 Å². The second-order valence-electron chi connectivity index (χ2n) is 7.90. The lowest BCUT2D eigenvalue weighted by Gasteiger charge is -2.09. The lowest BCUT2D eigenvalue weighted by Crippen LogP contribution is -2.16. The Morgan fingerprint density at radius 1 is 1.03 bits per heavy atom. The Kier molecular flexibility index (Phi) is 8.19. The second-order valence-corrected chi connectivity index (χ2v) is 11.4. The number of aromatic nitrogens is 3. The fourth-order valence-corrected chi connectivity index (χ4v) is 5.40. The molecule has 9 nitrogen and oxygen atoms in total. The van der Waals surface area contributed by atoms with Crippen molar-refractivity contribution in [2.75, 3.05) is 23.7 Å². The minimum absolute atomic E-state index is 0.0946. The summed E-state index contributed by atoms with van der Waals surface area (Å²) in [7, 11) is -3.70. The van der Waals surface area contributed by atoms with Gasteiger partial charge < -0.3 is 15.7 Å². The second kappa shape index (κ2) is 11.3. The zero-order valence-electron chi connectivity index (χ0n) is 19.0. The van der Waals surface area contributed by atoms with Crippen LogP contribution in [0.3, 0.4) is 0 Å². The highest BCUT2D eigenvalue weighted by molar-refractivity contribution is 7.98. The van der Waals surface area contributed by atoms with Crippen molar-refractivity contribution in [3.05, 3.63) is 65.7 Å². The number of aliphatic hydroxyl groups excluding tert-OH is 1. The summed E-state index contributed by atoms with van der Waals surface area (Å²) in [6.45, 7) is 2.68. The molecule has 184 valence electrons. The van der Waals surface area contributed by atoms with Crippen molar-refractivity contribution < 1.29 is 13.5 Å². The fraction of sp³-hybridized carbons (Fsp3) is 0.261. The first kappa shape index (κ1) is 25.3. The maximum atomic E-state index is 11.4. The summed E-state index contributed by atoms with van der Waals surface area (Å²) in [4.78, 5) is 14.0. The Hall–Kier alpha value is -2.77. The Morgan fingerprint density at radius 2 is 1.77 bits per heavy atom. The van der Waals surface area contributed by atoms with Crippen LogP contribution in [0.1, 0.15) is 18.1 Å². The average molecular weight is 531 g/mol. The number of benzene rings is 2. The number of anilines is 2. The summed E-state index contributed by atoms with van der Waals surface area (Å²) in [5.74, 6) is 1.39. The van der Waals surface area contributed by atoms with Crippen LogP contribution in [-0.4, -0.2) is 47.7 Å². The lowest BCUT2D eigenvalue weighted by molar-refractivity contribution is 0.208. The Balaban J connectivity index is 1.46. The quantitative estimate of drug-likeness (QED) is 0.169. The van der Waals surface area contributed by atoms with E-state index in [-0.39, 0.29) is 4.90 Å². The first-order valence-electron chi connectivity index (χ1n) is 10.9. The van der Waals surface area contributed by atoms with E-state index in [9.17, 15) is 13.5 Å². The van der Waals surface area contributed by atoms with E-state index in [0.29, 0.717) is 41.3 Å². The number of thioether (sulfide) groups is 1. The van der Waals surface area contributed by atoms with Gasteiger partial charge in [-0.3, -0.25) is 0 Å². The topological polar surface area (TPSA) is 143 Å². The molecule has 0 aliphatic heterocycles. The Labute approximate surface area is 212 Å². The number of hydrogen-bond donors (Lipinski definition) is 4. The van der Waals surface area contributed by atoms with Gasteiger partial charge in [0.1, 0.15) is 4.70 Å². The normalized spacial score (nSPS) is 12.5. The molecule has 0 spiro atoms. The predicted octanol–water partition coefficient (Wildman–Crippen LogP) is 3.47. The molecule has 0 aliphatic carbocycles. The van der Waals surface area contributed by atoms with Crippen molar-refractivity contribution in [1.29, 1.82) is 0 Å². The van der Waals surface area contributed by atoms with Crippen molar-refractivity contribution in [3.63, 3.8) is 0 Å². The molecule has 2 aromatic heterocycles. The van der Waals surface area contributed by atoms with Gasteiger partial charge in [0.2, 0.25) is 10.0 Å². The van der Waals surface area contributed by atoms with Crippen molar-refractivity contribution in [1.82, 2.24) is 15.0 Å². The molecule has 1 atom stereocenters. The predicted molar refractivity (Wildman–Crippen MR) is 141 cm³/mol. The largest absolute Gasteiger partial charge is 0.392 e. The summed E-state index contributed by atoms with van der Waals surface area (Å²) in [5.41, 5.74) is 2.75. The van der Waals surface area contributed by atoms with Gasteiger partial charge in [0.15, 0.2) is 21.8 Å². The summed E-state index contributed by atoms with van der Waals surface area (Å²) in [6.07, 6.45) is 0.157. The van der Waals surface area contributed by atoms with E-state index in [4.69, 9.17) is 5.14 Å². The summed E-state index contributed by atoms with van der Waals surface area (Å²) in [6, 6.07) is 16.6. The molecule has 1 unspecified atom stereocenters. The molecule has 0 saturated heterocycles. The average Bonchev–Trinajstić information content (AvgIpc) is 3.24. The molecule has 4 rings (SSSR count). The van der Waals surface area contributed by atoms with E-state index < -0.39 is 16.1 Å². The molecule has 0 saturated carbocycles. The van der Waals surface area contributed by atoms with Gasteiger partial charge in [0, 0.05) is 18.8 Å². The van der Waals surface area contributed by atoms with Crippen LogP contribution in [0.2, 0.25) is 0 Å². The smallest absolute Gasteiger partial charge is 0.238 e. The number of fused-ring (bicyclic) bond motifs is 1. The first-order valence-corrected chi connectivity index (χ1v) is 14.3. The maximum absolute atomic E-state index is 11.4. The number of primary sulfonamides is 1. The Morgan fingerprint density at radius 3 is 2.46 bits per heavy atom. The third-order valence-electron chi connectivity index (χ3n) is 4.95. The van der Waals surface area contributed by atoms with Gasteiger partial charge in [0.25, 0.3) is 0 Å². The Bertz CT molecular complexity index is 1380. The molecule has 0 radical (unpaired) electrons. The number of nitrogens with zero attached hydrogens (tertiary/aromatic N) is 3. The van der Waals surface area contributed by atoms with E-state index in [1.807, 2.05) is 18.2 Å². The molecule has 2 aromatic carbocycles. The zero-order chi connectivity index (χ0) is 24.8. The molecule has 2 heterocycles. The van der Waals surface area contributed by atoms with Crippen LogP contribution in [0, 0.1) is 0 Å². The zero-order valence-corrected chi connectivity index (χ0v) is 21.5. The SMILES string of the molecule is CC(O)CNc1nc(SCc2ccccc2)nc2nc(NCCc3ccc(S(N)(=O)=O)cc3)sc12. The van der Waals surface area contributed by atoms with Crippen molar-refractivity contribution in [3.8, 4) is 0 Å². The molecule has 4 aromatic rings. The molecule has 0 amide bonds. The van der Waals surface area contributed by atoms with E-state index in [2.05, 4.69) is 37.7 Å². The highest BCUT2D eigenvalue weighted by atomic mass is 32.2. The molecule has 5 N–H and O–H groups in total. The van der Waals surface area contributed by atoms with Crippen LogP contribution in [0.4, 0.5) is 10.9 Å². The minimum atomic E-state index is -3.70. The molecule has 0 aliphatic rings. The maximum Gasteiger partial charge on any atom is 0.238 e. The number of sulfonamides is 1. The fourth-order valence-electron chi connectivity index (χ4n) is 3.19. The number of hydrogen-bond acceptors (Lipinski definition) is 10. The van der Waals surface area contributed by atoms with Crippen LogP contribution in [0.15, 0.2) is 64.6 Å². The third kappa shape index (κ3) is 7.12. The lowest BCUT2D eigenvalue weighted by atomic mass is 10.1. The first-order chi connectivity index (χ1) is 16.8. The highest BCUT2D eigenvalue weighted by Crippen LogP contribution is 2.32. The molecule has 12 heteroatoms. The van der Waals surface area contributed by atoms with Crippen molar-refractivity contribution in [2.24, 2.45) is 5.14 Å². The number of nitrogens with two attached hydrogens (primary N) is 1. The minimum Gasteiger partial charge on any atom is -0.392 e. The molecule has 0 fully saturated rings. The number of rotatable bonds is 11. The summed E-state index contributed by atoms with van der Waals surface area (Å²) in [5, 5.41) is 22.7. The van der Waals surface area contributed by atoms with E-state index in [1.165, 1.54) is 40.8 Å². The highest BCUT2D eigenvalue weighted by Gasteiger charge is 2.15. The monoisotopic (exact) mass is 530 g/mol.